The molecule has 0 saturated heterocycles. The number of amides is 1. The van der Waals surface area contributed by atoms with Crippen LogP contribution in [0.2, 0.25) is 0 Å². The number of hydrogen-bond acceptors (Lipinski definition) is 4. The van der Waals surface area contributed by atoms with E-state index in [0.717, 1.165) is 0 Å². The molecule has 0 spiro atoms. The van der Waals surface area contributed by atoms with E-state index in [1.54, 1.807) is 18.2 Å². The highest BCUT2D eigenvalue weighted by molar-refractivity contribution is 5.94. The van der Waals surface area contributed by atoms with E-state index in [2.05, 4.69) is 16.6 Å². The van der Waals surface area contributed by atoms with E-state index in [1.807, 2.05) is 5.43 Å². The molecule has 0 fully saturated rings. The lowest BCUT2D eigenvalue weighted by molar-refractivity contribution is -0.133. The Bertz CT molecular complexity index is 472. The molecule has 0 heterocycles. The molecule has 5 nitrogen and oxygen atoms in total. The number of hydrazine groups is 1. The number of rotatable bonds is 1. The van der Waals surface area contributed by atoms with Gasteiger partial charge in [-0.2, -0.15) is 0 Å². The minimum atomic E-state index is -0.631. The summed E-state index contributed by atoms with van der Waals surface area (Å²) >= 11 is 0. The number of carbonyl (C=O) groups excluding carboxylic acids is 2. The number of carbonyl (C=O) groups is 2. The second kappa shape index (κ2) is 5.53. The number of ether oxygens (including phenoxy) is 1. The molecule has 0 aliphatic carbocycles. The normalized spacial score (nSPS) is 8.62. The molecule has 0 aliphatic heterocycles. The van der Waals surface area contributed by atoms with Crippen molar-refractivity contribution in [3.63, 3.8) is 0 Å². The highest BCUT2D eigenvalue weighted by Gasteiger charge is 2.02. The maximum absolute atomic E-state index is 11.2. The number of nitrogens with one attached hydrogen (secondary N) is 1. The van der Waals surface area contributed by atoms with Gasteiger partial charge in [-0.15, -0.1) is 0 Å². The minimum Gasteiger partial charge on any atom is -0.459 e. The van der Waals surface area contributed by atoms with Crippen LogP contribution in [-0.4, -0.2) is 19.0 Å². The molecule has 0 aromatic heterocycles. The fourth-order valence-electron chi connectivity index (χ4n) is 0.996. The van der Waals surface area contributed by atoms with Crippen LogP contribution >= 0.6 is 0 Å². The van der Waals surface area contributed by atoms with Crippen LogP contribution in [0.25, 0.3) is 0 Å². The molecule has 0 unspecified atom stereocenters. The number of nitrogen functional groups attached to an aromatic ring is 1. The topological polar surface area (TPSA) is 81.4 Å². The summed E-state index contributed by atoms with van der Waals surface area (Å²) in [5, 5.41) is 0. The van der Waals surface area contributed by atoms with Crippen molar-refractivity contribution in [2.75, 3.05) is 7.11 Å². The molecule has 0 aliphatic rings. The highest BCUT2D eigenvalue weighted by Crippen LogP contribution is 2.03. The Balaban J connectivity index is 2.93. The van der Waals surface area contributed by atoms with E-state index >= 15 is 0 Å². The molecule has 1 aromatic carbocycles. The van der Waals surface area contributed by atoms with Crippen molar-refractivity contribution in [3.8, 4) is 11.8 Å². The van der Waals surface area contributed by atoms with Gasteiger partial charge in [-0.3, -0.25) is 10.2 Å². The van der Waals surface area contributed by atoms with E-state index in [1.165, 1.54) is 13.2 Å². The second-order valence-corrected chi connectivity index (χ2v) is 2.80. The van der Waals surface area contributed by atoms with Crippen LogP contribution in [0.15, 0.2) is 24.3 Å². The lowest BCUT2D eigenvalue weighted by Crippen LogP contribution is -2.29. The number of methoxy groups -OCH3 is 1. The number of esters is 1. The molecule has 0 bridgehead atoms. The summed E-state index contributed by atoms with van der Waals surface area (Å²) < 4.78 is 4.36. The van der Waals surface area contributed by atoms with Crippen molar-refractivity contribution in [2.45, 2.75) is 0 Å². The summed E-state index contributed by atoms with van der Waals surface area (Å²) in [5.41, 5.74) is 2.91. The van der Waals surface area contributed by atoms with Gasteiger partial charge in [-0.1, -0.05) is 12.0 Å². The SMILES string of the molecule is COC(=O)C#Cc1cccc(C(=O)NN)c1. The molecular formula is C11H10N2O3. The predicted molar refractivity (Wildman–Crippen MR) is 57.0 cm³/mol. The van der Waals surface area contributed by atoms with Gasteiger partial charge < -0.3 is 4.74 Å². The molecule has 1 aromatic rings. The summed E-state index contributed by atoms with van der Waals surface area (Å²) in [4.78, 5) is 21.9. The molecular weight excluding hydrogens is 208 g/mol. The Morgan fingerprint density at radius 3 is 2.81 bits per heavy atom. The Morgan fingerprint density at radius 2 is 2.19 bits per heavy atom. The van der Waals surface area contributed by atoms with Crippen molar-refractivity contribution in [1.29, 1.82) is 0 Å². The summed E-state index contributed by atoms with van der Waals surface area (Å²) in [7, 11) is 1.25. The molecule has 0 radical (unpaired) electrons. The number of hydrogen-bond donors (Lipinski definition) is 2. The first-order valence-electron chi connectivity index (χ1n) is 4.38. The van der Waals surface area contributed by atoms with E-state index in [9.17, 15) is 9.59 Å². The van der Waals surface area contributed by atoms with Crippen molar-refractivity contribution >= 4 is 11.9 Å². The molecule has 16 heavy (non-hydrogen) atoms. The van der Waals surface area contributed by atoms with E-state index in [4.69, 9.17) is 5.84 Å². The Labute approximate surface area is 92.6 Å². The minimum absolute atomic E-state index is 0.374. The third-order valence-electron chi connectivity index (χ3n) is 1.75. The van der Waals surface area contributed by atoms with Crippen LogP contribution in [0.5, 0.6) is 0 Å². The summed E-state index contributed by atoms with van der Waals surface area (Å²) in [6, 6.07) is 6.43. The van der Waals surface area contributed by atoms with Gasteiger partial charge in [0.15, 0.2) is 0 Å². The van der Waals surface area contributed by atoms with Crippen LogP contribution in [0.1, 0.15) is 15.9 Å². The third kappa shape index (κ3) is 3.12. The van der Waals surface area contributed by atoms with Crippen molar-refractivity contribution in [2.24, 2.45) is 5.84 Å². The molecule has 0 saturated carbocycles. The average molecular weight is 218 g/mol. The van der Waals surface area contributed by atoms with Gasteiger partial charge in [-0.05, 0) is 18.2 Å². The zero-order chi connectivity index (χ0) is 12.0. The van der Waals surface area contributed by atoms with Crippen LogP contribution in [0, 0.1) is 11.8 Å². The monoisotopic (exact) mass is 218 g/mol. The van der Waals surface area contributed by atoms with Gasteiger partial charge in [0.25, 0.3) is 5.91 Å². The van der Waals surface area contributed by atoms with E-state index < -0.39 is 11.9 Å². The zero-order valence-corrected chi connectivity index (χ0v) is 8.61. The van der Waals surface area contributed by atoms with E-state index in [0.29, 0.717) is 11.1 Å². The number of benzene rings is 1. The fraction of sp³-hybridized carbons (Fsp3) is 0.0909. The molecule has 5 heteroatoms. The molecule has 0 atom stereocenters. The quantitative estimate of drug-likeness (QED) is 0.225. The summed E-state index contributed by atoms with van der Waals surface area (Å²) in [6.07, 6.45) is 0. The Morgan fingerprint density at radius 1 is 1.44 bits per heavy atom. The first kappa shape index (κ1) is 11.8. The lowest BCUT2D eigenvalue weighted by atomic mass is 10.1. The Kier molecular flexibility index (Phi) is 4.07. The van der Waals surface area contributed by atoms with Crippen LogP contribution in [0.4, 0.5) is 0 Å². The van der Waals surface area contributed by atoms with Gasteiger partial charge >= 0.3 is 5.97 Å². The number of nitrogens with two attached hydrogens (primary N) is 1. The molecule has 1 amide bonds. The van der Waals surface area contributed by atoms with Crippen LogP contribution < -0.4 is 11.3 Å². The summed E-state index contributed by atoms with van der Waals surface area (Å²) in [5.74, 6) is 8.77. The predicted octanol–water partition coefficient (Wildman–Crippen LogP) is -0.185. The van der Waals surface area contributed by atoms with Crippen LogP contribution in [0.3, 0.4) is 0 Å². The van der Waals surface area contributed by atoms with Gasteiger partial charge in [-0.25, -0.2) is 10.6 Å². The third-order valence-corrected chi connectivity index (χ3v) is 1.75. The first-order chi connectivity index (χ1) is 7.67. The first-order valence-corrected chi connectivity index (χ1v) is 4.38. The average Bonchev–Trinajstić information content (AvgIpc) is 2.35. The van der Waals surface area contributed by atoms with Gasteiger partial charge in [0.2, 0.25) is 0 Å². The fourth-order valence-corrected chi connectivity index (χ4v) is 0.996. The van der Waals surface area contributed by atoms with Gasteiger partial charge in [0.1, 0.15) is 0 Å². The lowest BCUT2D eigenvalue weighted by Gasteiger charge is -1.98. The maximum atomic E-state index is 11.2. The van der Waals surface area contributed by atoms with Crippen molar-refractivity contribution in [1.82, 2.24) is 5.43 Å². The van der Waals surface area contributed by atoms with Gasteiger partial charge in [0, 0.05) is 17.0 Å². The standard InChI is InChI=1S/C11H10N2O3/c1-16-10(14)6-5-8-3-2-4-9(7-8)11(15)13-12/h2-4,7H,12H2,1H3,(H,13,15). The van der Waals surface area contributed by atoms with E-state index in [-0.39, 0.29) is 0 Å². The molecule has 1 rings (SSSR count). The largest absolute Gasteiger partial charge is 0.459 e. The maximum Gasteiger partial charge on any atom is 0.384 e. The smallest absolute Gasteiger partial charge is 0.384 e. The highest BCUT2D eigenvalue weighted by atomic mass is 16.5. The zero-order valence-electron chi connectivity index (χ0n) is 8.61. The van der Waals surface area contributed by atoms with Gasteiger partial charge in [0.05, 0.1) is 7.11 Å². The van der Waals surface area contributed by atoms with Crippen molar-refractivity contribution in [3.05, 3.63) is 35.4 Å². The summed E-state index contributed by atoms with van der Waals surface area (Å²) in [6.45, 7) is 0. The molecule has 3 N–H and O–H groups in total. The van der Waals surface area contributed by atoms with Crippen LogP contribution in [-0.2, 0) is 9.53 Å². The van der Waals surface area contributed by atoms with Crippen molar-refractivity contribution < 1.29 is 14.3 Å². The second-order valence-electron chi connectivity index (χ2n) is 2.80. The Hall–Kier alpha value is -2.32. The molecule has 82 valence electrons.